The van der Waals surface area contributed by atoms with Gasteiger partial charge in [-0.1, -0.05) is 0 Å². The predicted octanol–water partition coefficient (Wildman–Crippen LogP) is 3.10. The van der Waals surface area contributed by atoms with Gasteiger partial charge in [-0.2, -0.15) is 0 Å². The summed E-state index contributed by atoms with van der Waals surface area (Å²) in [5.41, 5.74) is 8.01. The van der Waals surface area contributed by atoms with Gasteiger partial charge in [0.2, 0.25) is 0 Å². The molecule has 0 atom stereocenters. The van der Waals surface area contributed by atoms with Crippen LogP contribution in [0.1, 0.15) is 16.3 Å². The minimum atomic E-state index is 0.672. The summed E-state index contributed by atoms with van der Waals surface area (Å²) in [7, 11) is 2.12. The number of rotatable bonds is 6. The zero-order valence-corrected chi connectivity index (χ0v) is 13.4. The van der Waals surface area contributed by atoms with Crippen LogP contribution in [0.4, 0.5) is 0 Å². The lowest BCUT2D eigenvalue weighted by Gasteiger charge is -2.13. The van der Waals surface area contributed by atoms with E-state index in [2.05, 4.69) is 49.7 Å². The van der Waals surface area contributed by atoms with Gasteiger partial charge in [0.15, 0.2) is 0 Å². The van der Waals surface area contributed by atoms with Crippen LogP contribution in [0, 0.1) is 0 Å². The van der Waals surface area contributed by atoms with Crippen LogP contribution in [0.15, 0.2) is 20.6 Å². The van der Waals surface area contributed by atoms with Gasteiger partial charge < -0.3 is 5.73 Å². The normalized spacial score (nSPS) is 11.3. The van der Waals surface area contributed by atoms with E-state index in [0.29, 0.717) is 6.54 Å². The number of hydrogen-bond donors (Lipinski definition) is 1. The van der Waals surface area contributed by atoms with Crippen molar-refractivity contribution in [2.75, 3.05) is 13.6 Å². The van der Waals surface area contributed by atoms with E-state index < -0.39 is 0 Å². The monoisotopic (exact) mass is 345 g/mol. The average Bonchev–Trinajstić information content (AvgIpc) is 2.89. The van der Waals surface area contributed by atoms with Crippen molar-refractivity contribution in [1.82, 2.24) is 9.88 Å². The lowest BCUT2D eigenvalue weighted by molar-refractivity contribution is 0.316. The molecule has 0 unspecified atom stereocenters. The average molecular weight is 346 g/mol. The third-order valence-corrected chi connectivity index (χ3v) is 4.97. The van der Waals surface area contributed by atoms with Gasteiger partial charge in [-0.3, -0.25) is 4.90 Å². The number of halogens is 1. The summed E-state index contributed by atoms with van der Waals surface area (Å²) in [4.78, 5) is 6.85. The molecule has 0 aliphatic rings. The summed E-state index contributed by atoms with van der Waals surface area (Å²) >= 11 is 6.92. The van der Waals surface area contributed by atoms with Crippen LogP contribution < -0.4 is 5.73 Å². The summed E-state index contributed by atoms with van der Waals surface area (Å²) in [6.45, 7) is 2.51. The smallest absolute Gasteiger partial charge is 0.0941 e. The van der Waals surface area contributed by atoms with Gasteiger partial charge in [0.25, 0.3) is 0 Å². The maximum Gasteiger partial charge on any atom is 0.0941 e. The molecule has 2 rings (SSSR count). The molecule has 0 amide bonds. The van der Waals surface area contributed by atoms with Crippen LogP contribution >= 0.6 is 38.6 Å². The second-order valence-electron chi connectivity index (χ2n) is 4.20. The van der Waals surface area contributed by atoms with Crippen molar-refractivity contribution in [1.29, 1.82) is 0 Å². The first-order valence-corrected chi connectivity index (χ1v) is 8.27. The van der Waals surface area contributed by atoms with Crippen LogP contribution in [0.5, 0.6) is 0 Å². The lowest BCUT2D eigenvalue weighted by atomic mass is 10.3. The Labute approximate surface area is 124 Å². The SMILES string of the molecule is CN(Cc1csc(Br)c1)Cc1csc(CCN)n1. The molecule has 0 saturated heterocycles. The van der Waals surface area contributed by atoms with Gasteiger partial charge >= 0.3 is 0 Å². The van der Waals surface area contributed by atoms with Crippen LogP contribution in [-0.2, 0) is 19.5 Å². The maximum atomic E-state index is 5.53. The van der Waals surface area contributed by atoms with E-state index in [4.69, 9.17) is 5.73 Å². The van der Waals surface area contributed by atoms with Gasteiger partial charge in [-0.15, -0.1) is 22.7 Å². The Morgan fingerprint density at radius 2 is 2.17 bits per heavy atom. The first-order chi connectivity index (χ1) is 8.67. The Kier molecular flexibility index (Phi) is 5.32. The molecule has 2 aromatic rings. The molecule has 0 spiro atoms. The largest absolute Gasteiger partial charge is 0.330 e. The zero-order valence-electron chi connectivity index (χ0n) is 10.2. The molecule has 0 saturated carbocycles. The third kappa shape index (κ3) is 4.13. The molecule has 2 heterocycles. The van der Waals surface area contributed by atoms with E-state index in [-0.39, 0.29) is 0 Å². The highest BCUT2D eigenvalue weighted by atomic mass is 79.9. The summed E-state index contributed by atoms with van der Waals surface area (Å²) in [6, 6.07) is 2.17. The van der Waals surface area contributed by atoms with E-state index in [1.54, 1.807) is 22.7 Å². The minimum Gasteiger partial charge on any atom is -0.330 e. The molecule has 0 fully saturated rings. The molecule has 6 heteroatoms. The second kappa shape index (κ2) is 6.77. The van der Waals surface area contributed by atoms with Crippen LogP contribution in [-0.4, -0.2) is 23.5 Å². The molecule has 2 aromatic heterocycles. The van der Waals surface area contributed by atoms with E-state index in [1.165, 1.54) is 9.35 Å². The summed E-state index contributed by atoms with van der Waals surface area (Å²) in [5.74, 6) is 0. The number of hydrogen-bond acceptors (Lipinski definition) is 5. The topological polar surface area (TPSA) is 42.1 Å². The Bertz CT molecular complexity index is 495. The Morgan fingerprint density at radius 1 is 1.33 bits per heavy atom. The molecule has 0 aliphatic heterocycles. The number of nitrogens with two attached hydrogens (primary N) is 1. The van der Waals surface area contributed by atoms with Crippen molar-refractivity contribution >= 4 is 38.6 Å². The van der Waals surface area contributed by atoms with Crippen molar-refractivity contribution in [3.8, 4) is 0 Å². The van der Waals surface area contributed by atoms with Crippen molar-refractivity contribution < 1.29 is 0 Å². The molecule has 2 N–H and O–H groups in total. The van der Waals surface area contributed by atoms with Crippen LogP contribution in [0.3, 0.4) is 0 Å². The van der Waals surface area contributed by atoms with Gasteiger partial charge in [0.05, 0.1) is 14.5 Å². The molecular weight excluding hydrogens is 330 g/mol. The molecule has 0 radical (unpaired) electrons. The molecule has 18 heavy (non-hydrogen) atoms. The highest BCUT2D eigenvalue weighted by Crippen LogP contribution is 2.22. The first-order valence-electron chi connectivity index (χ1n) is 5.72. The van der Waals surface area contributed by atoms with E-state index in [0.717, 1.165) is 30.2 Å². The fourth-order valence-corrected chi connectivity index (χ4v) is 3.74. The Morgan fingerprint density at radius 3 is 2.83 bits per heavy atom. The minimum absolute atomic E-state index is 0.672. The van der Waals surface area contributed by atoms with E-state index in [9.17, 15) is 0 Å². The van der Waals surface area contributed by atoms with Crippen molar-refractivity contribution in [3.05, 3.63) is 36.9 Å². The highest BCUT2D eigenvalue weighted by molar-refractivity contribution is 9.11. The fourth-order valence-electron chi connectivity index (χ4n) is 1.73. The number of thiazole rings is 1. The Hall–Kier alpha value is -0.270. The highest BCUT2D eigenvalue weighted by Gasteiger charge is 2.07. The van der Waals surface area contributed by atoms with Gasteiger partial charge in [0, 0.05) is 24.9 Å². The van der Waals surface area contributed by atoms with Crippen molar-refractivity contribution in [3.63, 3.8) is 0 Å². The van der Waals surface area contributed by atoms with E-state index in [1.807, 2.05) is 0 Å². The lowest BCUT2D eigenvalue weighted by Crippen LogP contribution is -2.17. The molecule has 98 valence electrons. The predicted molar refractivity (Wildman–Crippen MR) is 82.1 cm³/mol. The Balaban J connectivity index is 1.88. The third-order valence-electron chi connectivity index (χ3n) is 2.46. The van der Waals surface area contributed by atoms with Crippen LogP contribution in [0.25, 0.3) is 0 Å². The standard InChI is InChI=1S/C12H16BrN3S2/c1-16(5-9-4-11(13)17-7-9)6-10-8-18-12(15-10)2-3-14/h4,7-8H,2-3,5-6,14H2,1H3. The van der Waals surface area contributed by atoms with E-state index >= 15 is 0 Å². The second-order valence-corrected chi connectivity index (χ2v) is 7.44. The van der Waals surface area contributed by atoms with Gasteiger partial charge in [-0.05, 0) is 46.5 Å². The van der Waals surface area contributed by atoms with Crippen molar-refractivity contribution in [2.24, 2.45) is 5.73 Å². The number of nitrogens with zero attached hydrogens (tertiary/aromatic N) is 2. The summed E-state index contributed by atoms with van der Waals surface area (Å²) < 4.78 is 1.18. The fraction of sp³-hybridized carbons (Fsp3) is 0.417. The molecule has 3 nitrogen and oxygen atoms in total. The maximum absolute atomic E-state index is 5.53. The quantitative estimate of drug-likeness (QED) is 0.874. The zero-order chi connectivity index (χ0) is 13.0. The molecule has 0 aromatic carbocycles. The molecular formula is C12H16BrN3S2. The first kappa shape index (κ1) is 14.1. The molecule has 0 bridgehead atoms. The summed E-state index contributed by atoms with van der Waals surface area (Å²) in [6.07, 6.45) is 0.881. The van der Waals surface area contributed by atoms with Crippen molar-refractivity contribution in [2.45, 2.75) is 19.5 Å². The van der Waals surface area contributed by atoms with Crippen LogP contribution in [0.2, 0.25) is 0 Å². The number of aromatic nitrogens is 1. The number of thiophene rings is 1. The molecule has 0 aliphatic carbocycles. The van der Waals surface area contributed by atoms with Gasteiger partial charge in [-0.25, -0.2) is 4.98 Å². The summed E-state index contributed by atoms with van der Waals surface area (Å²) in [5, 5.41) is 5.45. The van der Waals surface area contributed by atoms with Gasteiger partial charge in [0.1, 0.15) is 0 Å².